The molecule has 1 aliphatic heterocycles. The number of rotatable bonds is 4. The van der Waals surface area contributed by atoms with Crippen LogP contribution in [0.3, 0.4) is 0 Å². The van der Waals surface area contributed by atoms with E-state index in [9.17, 15) is 9.18 Å². The third-order valence-corrected chi connectivity index (χ3v) is 5.25. The molecule has 1 aliphatic rings. The molecule has 0 saturated carbocycles. The molecule has 0 amide bonds. The first-order chi connectivity index (χ1) is 13.2. The highest BCUT2D eigenvalue weighted by atomic mass is 19.1. The zero-order valence-electron chi connectivity index (χ0n) is 14.7. The second kappa shape index (κ2) is 6.44. The summed E-state index contributed by atoms with van der Waals surface area (Å²) in [6.07, 6.45) is 1.69. The second-order valence-corrected chi connectivity index (χ2v) is 6.84. The quantitative estimate of drug-likeness (QED) is 0.562. The van der Waals surface area contributed by atoms with Crippen molar-refractivity contribution < 1.29 is 9.13 Å². The molecule has 2 aromatic heterocycles. The van der Waals surface area contributed by atoms with Crippen LogP contribution >= 0.6 is 0 Å². The van der Waals surface area contributed by atoms with Crippen molar-refractivity contribution in [3.05, 3.63) is 52.7 Å². The van der Waals surface area contributed by atoms with Crippen LogP contribution in [-0.4, -0.2) is 53.7 Å². The van der Waals surface area contributed by atoms with Gasteiger partial charge >= 0.3 is 0 Å². The van der Waals surface area contributed by atoms with Gasteiger partial charge in [-0.05, 0) is 30.3 Å². The molecule has 1 fully saturated rings. The van der Waals surface area contributed by atoms with E-state index in [0.717, 1.165) is 56.1 Å². The summed E-state index contributed by atoms with van der Waals surface area (Å²) in [5, 5.41) is 4.32. The molecule has 3 heterocycles. The van der Waals surface area contributed by atoms with Crippen LogP contribution in [0, 0.1) is 5.82 Å². The Morgan fingerprint density at radius 1 is 1.19 bits per heavy atom. The van der Waals surface area contributed by atoms with Gasteiger partial charge in [0.05, 0.1) is 35.2 Å². The smallest absolute Gasteiger partial charge is 0.199 e. The average Bonchev–Trinajstić information content (AvgIpc) is 3.12. The Kier molecular flexibility index (Phi) is 3.91. The number of benzene rings is 2. The molecule has 2 aromatic carbocycles. The highest BCUT2D eigenvalue weighted by Gasteiger charge is 2.17. The first kappa shape index (κ1) is 16.4. The zero-order chi connectivity index (χ0) is 18.4. The summed E-state index contributed by atoms with van der Waals surface area (Å²) in [4.78, 5) is 19.9. The molecule has 1 N–H and O–H groups in total. The molecule has 0 bridgehead atoms. The van der Waals surface area contributed by atoms with Crippen molar-refractivity contribution in [2.45, 2.75) is 0 Å². The molecule has 4 aromatic rings. The fraction of sp³-hybridized carbons (Fsp3) is 0.300. The Hall–Kier alpha value is -2.77. The maximum Gasteiger partial charge on any atom is 0.199 e. The molecule has 0 atom stereocenters. The maximum absolute atomic E-state index is 13.8. The van der Waals surface area contributed by atoms with Crippen LogP contribution in [0.5, 0.6) is 0 Å². The predicted octanol–water partition coefficient (Wildman–Crippen LogP) is 2.32. The Balaban J connectivity index is 1.58. The van der Waals surface area contributed by atoms with Gasteiger partial charge < -0.3 is 10.1 Å². The first-order valence-electron chi connectivity index (χ1n) is 9.11. The Labute approximate surface area is 154 Å². The fourth-order valence-corrected chi connectivity index (χ4v) is 3.87. The lowest BCUT2D eigenvalue weighted by molar-refractivity contribution is 0.0398. The summed E-state index contributed by atoms with van der Waals surface area (Å²) in [6.45, 7) is 4.96. The molecule has 1 saturated heterocycles. The number of hydrogen-bond acceptors (Lipinski definition) is 5. The highest BCUT2D eigenvalue weighted by Crippen LogP contribution is 2.28. The second-order valence-electron chi connectivity index (χ2n) is 6.84. The summed E-state index contributed by atoms with van der Waals surface area (Å²) < 4.78 is 21.0. The number of morpholine rings is 1. The van der Waals surface area contributed by atoms with Crippen LogP contribution in [0.2, 0.25) is 0 Å². The van der Waals surface area contributed by atoms with Crippen LogP contribution < -0.4 is 10.7 Å². The molecule has 5 rings (SSSR count). The van der Waals surface area contributed by atoms with Gasteiger partial charge in [0.15, 0.2) is 5.43 Å². The predicted molar refractivity (Wildman–Crippen MR) is 103 cm³/mol. The molecule has 6 nitrogen and oxygen atoms in total. The van der Waals surface area contributed by atoms with Gasteiger partial charge in [0, 0.05) is 37.3 Å². The number of imidazole rings is 1. The van der Waals surface area contributed by atoms with Crippen molar-refractivity contribution in [1.29, 1.82) is 0 Å². The van der Waals surface area contributed by atoms with E-state index in [2.05, 4.69) is 15.2 Å². The summed E-state index contributed by atoms with van der Waals surface area (Å²) in [6, 6.07) is 8.10. The van der Waals surface area contributed by atoms with Gasteiger partial charge in [-0.3, -0.25) is 14.1 Å². The normalized spacial score (nSPS) is 15.9. The van der Waals surface area contributed by atoms with E-state index in [0.29, 0.717) is 16.3 Å². The Morgan fingerprint density at radius 2 is 2.04 bits per heavy atom. The first-order valence-corrected chi connectivity index (χ1v) is 9.11. The number of nitrogens with zero attached hydrogens (tertiary/aromatic N) is 3. The summed E-state index contributed by atoms with van der Waals surface area (Å²) in [7, 11) is 0. The van der Waals surface area contributed by atoms with Gasteiger partial charge in [0.1, 0.15) is 12.1 Å². The SMILES string of the molecule is O=c1c2cc(F)ccc2n2cnc3ccc(NCCN4CCOCC4)c1c32. The number of hydrogen-bond donors (Lipinski definition) is 1. The largest absolute Gasteiger partial charge is 0.383 e. The number of aromatic nitrogens is 2. The average molecular weight is 366 g/mol. The minimum Gasteiger partial charge on any atom is -0.383 e. The summed E-state index contributed by atoms with van der Waals surface area (Å²) >= 11 is 0. The number of fused-ring (bicyclic) bond motifs is 2. The molecular weight excluding hydrogens is 347 g/mol. The van der Waals surface area contributed by atoms with E-state index < -0.39 is 5.82 Å². The summed E-state index contributed by atoms with van der Waals surface area (Å²) in [5.74, 6) is -0.417. The van der Waals surface area contributed by atoms with Crippen molar-refractivity contribution >= 4 is 33.0 Å². The Morgan fingerprint density at radius 3 is 2.89 bits per heavy atom. The van der Waals surface area contributed by atoms with Gasteiger partial charge in [-0.2, -0.15) is 0 Å². The fourth-order valence-electron chi connectivity index (χ4n) is 3.87. The van der Waals surface area contributed by atoms with E-state index in [1.165, 1.54) is 12.1 Å². The molecule has 0 unspecified atom stereocenters. The number of anilines is 1. The molecular formula is C20H19FN4O2. The number of nitrogens with one attached hydrogen (secondary N) is 1. The minimum absolute atomic E-state index is 0.169. The lowest BCUT2D eigenvalue weighted by Gasteiger charge is -2.26. The van der Waals surface area contributed by atoms with Gasteiger partial charge in [-0.1, -0.05) is 0 Å². The topological polar surface area (TPSA) is 58.9 Å². The van der Waals surface area contributed by atoms with Crippen molar-refractivity contribution in [2.75, 3.05) is 44.7 Å². The van der Waals surface area contributed by atoms with E-state index >= 15 is 0 Å². The number of ether oxygens (including phenoxy) is 1. The standard InChI is InChI=1S/C20H19FN4O2/c21-13-1-4-17-14(11-13)20(26)18-15(2-3-16-19(18)25(17)12-23-16)22-5-6-24-7-9-27-10-8-24/h1-4,11-12,22H,5-10H2. The van der Waals surface area contributed by atoms with Crippen LogP contribution in [-0.2, 0) is 4.74 Å². The third kappa shape index (κ3) is 2.70. The molecule has 7 heteroatoms. The van der Waals surface area contributed by atoms with Crippen LogP contribution in [0.1, 0.15) is 0 Å². The van der Waals surface area contributed by atoms with Crippen LogP contribution in [0.25, 0.3) is 27.3 Å². The van der Waals surface area contributed by atoms with Crippen molar-refractivity contribution in [1.82, 2.24) is 14.3 Å². The molecule has 0 radical (unpaired) electrons. The molecule has 0 spiro atoms. The van der Waals surface area contributed by atoms with Crippen LogP contribution in [0.4, 0.5) is 10.1 Å². The molecule has 0 aliphatic carbocycles. The van der Waals surface area contributed by atoms with Crippen molar-refractivity contribution in [3.63, 3.8) is 0 Å². The lowest BCUT2D eigenvalue weighted by atomic mass is 10.1. The van der Waals surface area contributed by atoms with Crippen molar-refractivity contribution in [3.8, 4) is 0 Å². The van der Waals surface area contributed by atoms with Gasteiger partial charge in [0.2, 0.25) is 0 Å². The van der Waals surface area contributed by atoms with Gasteiger partial charge in [-0.15, -0.1) is 0 Å². The number of pyridine rings is 1. The maximum atomic E-state index is 13.8. The lowest BCUT2D eigenvalue weighted by Crippen LogP contribution is -2.39. The van der Waals surface area contributed by atoms with Crippen molar-refractivity contribution in [2.24, 2.45) is 0 Å². The number of halogens is 1. The van der Waals surface area contributed by atoms with Crippen LogP contribution in [0.15, 0.2) is 41.5 Å². The zero-order valence-corrected chi connectivity index (χ0v) is 14.7. The minimum atomic E-state index is -0.417. The van der Waals surface area contributed by atoms with E-state index in [4.69, 9.17) is 4.74 Å². The van der Waals surface area contributed by atoms with E-state index in [1.807, 2.05) is 16.5 Å². The molecule has 27 heavy (non-hydrogen) atoms. The molecule has 138 valence electrons. The monoisotopic (exact) mass is 366 g/mol. The van der Waals surface area contributed by atoms with Gasteiger partial charge in [-0.25, -0.2) is 9.37 Å². The summed E-state index contributed by atoms with van der Waals surface area (Å²) in [5.41, 5.74) is 2.79. The van der Waals surface area contributed by atoms with E-state index in [1.54, 1.807) is 12.4 Å². The van der Waals surface area contributed by atoms with E-state index in [-0.39, 0.29) is 5.43 Å². The third-order valence-electron chi connectivity index (χ3n) is 5.25. The Bertz CT molecular complexity index is 1180. The highest BCUT2D eigenvalue weighted by molar-refractivity contribution is 6.06. The van der Waals surface area contributed by atoms with Gasteiger partial charge in [0.25, 0.3) is 0 Å².